The molecule has 1 aromatic rings. The summed E-state index contributed by atoms with van der Waals surface area (Å²) >= 11 is 0. The molecule has 0 saturated carbocycles. The number of sulfonamides is 1. The SMILES string of the molecule is CCCCCNC(=NCc1cccc(S(N)(=O)=O)c1)NCC.I. The van der Waals surface area contributed by atoms with E-state index >= 15 is 0 Å². The Kier molecular flexibility index (Phi) is 11.2. The summed E-state index contributed by atoms with van der Waals surface area (Å²) in [6, 6.07) is 6.54. The van der Waals surface area contributed by atoms with Crippen LogP contribution in [0.3, 0.4) is 0 Å². The molecule has 0 aliphatic carbocycles. The number of halogens is 1. The van der Waals surface area contributed by atoms with E-state index in [1.165, 1.54) is 18.9 Å². The number of nitrogens with two attached hydrogens (primary N) is 1. The topological polar surface area (TPSA) is 96.6 Å². The Bertz CT molecular complexity index is 591. The van der Waals surface area contributed by atoms with Crippen molar-refractivity contribution in [1.82, 2.24) is 10.6 Å². The number of benzene rings is 1. The van der Waals surface area contributed by atoms with E-state index in [-0.39, 0.29) is 28.9 Å². The van der Waals surface area contributed by atoms with Crippen molar-refractivity contribution in [1.29, 1.82) is 0 Å². The third-order valence-electron chi connectivity index (χ3n) is 3.06. The zero-order valence-electron chi connectivity index (χ0n) is 13.7. The van der Waals surface area contributed by atoms with Gasteiger partial charge in [-0.15, -0.1) is 24.0 Å². The molecule has 0 aromatic heterocycles. The molecule has 23 heavy (non-hydrogen) atoms. The van der Waals surface area contributed by atoms with Crippen molar-refractivity contribution in [2.75, 3.05) is 13.1 Å². The monoisotopic (exact) mass is 454 g/mol. The predicted molar refractivity (Wildman–Crippen MR) is 106 cm³/mol. The largest absolute Gasteiger partial charge is 0.357 e. The Balaban J connectivity index is 0.00000484. The minimum Gasteiger partial charge on any atom is -0.357 e. The Labute approximate surface area is 156 Å². The van der Waals surface area contributed by atoms with Crippen LogP contribution >= 0.6 is 24.0 Å². The van der Waals surface area contributed by atoms with Crippen LogP contribution in [-0.4, -0.2) is 27.5 Å². The molecule has 0 fully saturated rings. The van der Waals surface area contributed by atoms with Gasteiger partial charge in [0.05, 0.1) is 11.4 Å². The van der Waals surface area contributed by atoms with Crippen LogP contribution in [0, 0.1) is 0 Å². The van der Waals surface area contributed by atoms with Crippen molar-refractivity contribution >= 4 is 40.0 Å². The summed E-state index contributed by atoms with van der Waals surface area (Å²) in [5, 5.41) is 11.6. The van der Waals surface area contributed by atoms with Crippen LogP contribution in [0.2, 0.25) is 0 Å². The molecule has 0 aliphatic heterocycles. The Hall–Kier alpha value is -0.870. The normalized spacial score (nSPS) is 11.7. The molecule has 6 nitrogen and oxygen atoms in total. The van der Waals surface area contributed by atoms with Crippen LogP contribution in [0.15, 0.2) is 34.2 Å². The highest BCUT2D eigenvalue weighted by Gasteiger charge is 2.07. The summed E-state index contributed by atoms with van der Waals surface area (Å²) in [5.41, 5.74) is 0.803. The van der Waals surface area contributed by atoms with Gasteiger partial charge in [0.15, 0.2) is 5.96 Å². The maximum absolute atomic E-state index is 11.3. The second kappa shape index (κ2) is 11.6. The fourth-order valence-corrected chi connectivity index (χ4v) is 2.50. The lowest BCUT2D eigenvalue weighted by molar-refractivity contribution is 0.597. The van der Waals surface area contributed by atoms with Crippen LogP contribution in [0.1, 0.15) is 38.7 Å². The van der Waals surface area contributed by atoms with Crippen LogP contribution in [-0.2, 0) is 16.6 Å². The van der Waals surface area contributed by atoms with E-state index in [2.05, 4.69) is 22.5 Å². The lowest BCUT2D eigenvalue weighted by Gasteiger charge is -2.11. The maximum Gasteiger partial charge on any atom is 0.238 e. The van der Waals surface area contributed by atoms with Crippen molar-refractivity contribution in [3.8, 4) is 0 Å². The predicted octanol–water partition coefficient (Wildman–Crippen LogP) is 2.20. The minimum atomic E-state index is -3.67. The Morgan fingerprint density at radius 2 is 1.96 bits per heavy atom. The van der Waals surface area contributed by atoms with E-state index in [0.29, 0.717) is 6.54 Å². The van der Waals surface area contributed by atoms with E-state index < -0.39 is 10.0 Å². The van der Waals surface area contributed by atoms with Crippen molar-refractivity contribution < 1.29 is 8.42 Å². The second-order valence-corrected chi connectivity index (χ2v) is 6.58. The molecular weight excluding hydrogens is 427 g/mol. The number of unbranched alkanes of at least 4 members (excludes halogenated alkanes) is 2. The van der Waals surface area contributed by atoms with Crippen LogP contribution < -0.4 is 15.8 Å². The van der Waals surface area contributed by atoms with Gasteiger partial charge in [-0.05, 0) is 31.0 Å². The quantitative estimate of drug-likeness (QED) is 0.243. The number of nitrogens with zero attached hydrogens (tertiary/aromatic N) is 1. The highest BCUT2D eigenvalue weighted by Crippen LogP contribution is 2.10. The molecule has 8 heteroatoms. The standard InChI is InChI=1S/C15H26N4O2S.HI/c1-3-5-6-10-18-15(17-4-2)19-12-13-8-7-9-14(11-13)22(16,20)21;/h7-9,11H,3-6,10,12H2,1-2H3,(H2,16,20,21)(H2,17,18,19);1H. The summed E-state index contributed by atoms with van der Waals surface area (Å²) in [5.74, 6) is 0.736. The first-order valence-electron chi connectivity index (χ1n) is 7.61. The van der Waals surface area contributed by atoms with Crippen molar-refractivity contribution in [2.24, 2.45) is 10.1 Å². The molecule has 132 valence electrons. The average Bonchev–Trinajstić information content (AvgIpc) is 2.48. The van der Waals surface area contributed by atoms with E-state index in [9.17, 15) is 8.42 Å². The van der Waals surface area contributed by atoms with Gasteiger partial charge in [-0.1, -0.05) is 31.9 Å². The zero-order chi connectivity index (χ0) is 16.4. The zero-order valence-corrected chi connectivity index (χ0v) is 16.9. The van der Waals surface area contributed by atoms with Gasteiger partial charge in [0.25, 0.3) is 0 Å². The summed E-state index contributed by atoms with van der Waals surface area (Å²) in [4.78, 5) is 4.58. The van der Waals surface area contributed by atoms with Crippen molar-refractivity contribution in [3.63, 3.8) is 0 Å². The van der Waals surface area contributed by atoms with E-state index in [0.717, 1.165) is 31.0 Å². The second-order valence-electron chi connectivity index (χ2n) is 5.02. The molecule has 0 heterocycles. The fraction of sp³-hybridized carbons (Fsp3) is 0.533. The number of aliphatic imine (C=N–C) groups is 1. The summed E-state index contributed by atoms with van der Waals surface area (Å²) in [7, 11) is -3.67. The summed E-state index contributed by atoms with van der Waals surface area (Å²) < 4.78 is 22.7. The van der Waals surface area contributed by atoms with Gasteiger partial charge < -0.3 is 10.6 Å². The van der Waals surface area contributed by atoms with E-state index in [1.807, 2.05) is 13.0 Å². The number of hydrogen-bond acceptors (Lipinski definition) is 3. The molecule has 0 radical (unpaired) electrons. The molecule has 0 amide bonds. The van der Waals surface area contributed by atoms with Gasteiger partial charge in [0.1, 0.15) is 0 Å². The van der Waals surface area contributed by atoms with Crippen LogP contribution in [0.25, 0.3) is 0 Å². The number of nitrogens with one attached hydrogen (secondary N) is 2. The fourth-order valence-electron chi connectivity index (χ4n) is 1.91. The number of guanidine groups is 1. The van der Waals surface area contributed by atoms with Crippen molar-refractivity contribution in [2.45, 2.75) is 44.6 Å². The summed E-state index contributed by atoms with van der Waals surface area (Å²) in [6.45, 7) is 6.21. The first kappa shape index (κ1) is 22.1. The molecule has 1 rings (SSSR count). The first-order valence-corrected chi connectivity index (χ1v) is 9.16. The third-order valence-corrected chi connectivity index (χ3v) is 3.97. The van der Waals surface area contributed by atoms with Gasteiger partial charge in [-0.3, -0.25) is 0 Å². The molecule has 0 bridgehead atoms. The van der Waals surface area contributed by atoms with E-state index in [1.54, 1.807) is 12.1 Å². The minimum absolute atomic E-state index is 0. The van der Waals surface area contributed by atoms with Gasteiger partial charge >= 0.3 is 0 Å². The molecule has 4 N–H and O–H groups in total. The van der Waals surface area contributed by atoms with Gasteiger partial charge in [-0.25, -0.2) is 18.5 Å². The van der Waals surface area contributed by atoms with Crippen LogP contribution in [0.5, 0.6) is 0 Å². The smallest absolute Gasteiger partial charge is 0.238 e. The van der Waals surface area contributed by atoms with Gasteiger partial charge in [0, 0.05) is 13.1 Å². The third kappa shape index (κ3) is 9.11. The maximum atomic E-state index is 11.3. The summed E-state index contributed by atoms with van der Waals surface area (Å²) in [6.07, 6.45) is 3.46. The molecular formula is C15H27IN4O2S. The average molecular weight is 454 g/mol. The molecule has 0 spiro atoms. The Morgan fingerprint density at radius 1 is 1.22 bits per heavy atom. The molecule has 1 aromatic carbocycles. The molecule has 0 saturated heterocycles. The first-order chi connectivity index (χ1) is 10.5. The highest BCUT2D eigenvalue weighted by molar-refractivity contribution is 14.0. The molecule has 0 atom stereocenters. The lowest BCUT2D eigenvalue weighted by atomic mass is 10.2. The number of rotatable bonds is 8. The lowest BCUT2D eigenvalue weighted by Crippen LogP contribution is -2.37. The van der Waals surface area contributed by atoms with Gasteiger partial charge in [0.2, 0.25) is 10.0 Å². The van der Waals surface area contributed by atoms with Crippen molar-refractivity contribution in [3.05, 3.63) is 29.8 Å². The van der Waals surface area contributed by atoms with Crippen LogP contribution in [0.4, 0.5) is 0 Å². The highest BCUT2D eigenvalue weighted by atomic mass is 127. The van der Waals surface area contributed by atoms with E-state index in [4.69, 9.17) is 5.14 Å². The number of hydrogen-bond donors (Lipinski definition) is 3. The molecule has 0 unspecified atom stereocenters. The number of primary sulfonamides is 1. The Morgan fingerprint density at radius 3 is 2.57 bits per heavy atom. The van der Waals surface area contributed by atoms with Gasteiger partial charge in [-0.2, -0.15) is 0 Å². The molecule has 0 aliphatic rings.